The largest absolute Gasteiger partial charge is 0.462 e. The zero-order chi connectivity index (χ0) is 22.9. The minimum Gasteiger partial charge on any atom is -0.462 e. The Morgan fingerprint density at radius 2 is 1.78 bits per heavy atom. The van der Waals surface area contributed by atoms with Crippen LogP contribution >= 0.6 is 11.8 Å². The molecule has 1 saturated carbocycles. The zero-order valence-electron chi connectivity index (χ0n) is 18.6. The van der Waals surface area contributed by atoms with Crippen molar-refractivity contribution in [3.8, 4) is 0 Å². The van der Waals surface area contributed by atoms with E-state index in [0.717, 1.165) is 36.3 Å². The van der Waals surface area contributed by atoms with Gasteiger partial charge in [-0.3, -0.25) is 9.59 Å². The van der Waals surface area contributed by atoms with Gasteiger partial charge in [-0.05, 0) is 68.1 Å². The van der Waals surface area contributed by atoms with Gasteiger partial charge >= 0.3 is 5.97 Å². The molecule has 1 aliphatic rings. The van der Waals surface area contributed by atoms with Crippen LogP contribution in [0.4, 0.5) is 11.4 Å². The van der Waals surface area contributed by atoms with Crippen LogP contribution in [0.15, 0.2) is 53.4 Å². The van der Waals surface area contributed by atoms with Gasteiger partial charge in [0.15, 0.2) is 0 Å². The number of hydrogen-bond acceptors (Lipinski definition) is 5. The van der Waals surface area contributed by atoms with Gasteiger partial charge in [0.05, 0.1) is 17.4 Å². The molecule has 2 amide bonds. The van der Waals surface area contributed by atoms with Gasteiger partial charge in [-0.15, -0.1) is 11.8 Å². The lowest BCUT2D eigenvalue weighted by Gasteiger charge is -2.16. The van der Waals surface area contributed by atoms with Gasteiger partial charge in [-0.2, -0.15) is 0 Å². The minimum absolute atomic E-state index is 0.0645. The Kier molecular flexibility index (Phi) is 8.73. The number of thioether (sulfide) groups is 1. The van der Waals surface area contributed by atoms with Crippen molar-refractivity contribution in [3.05, 3.63) is 54.1 Å². The summed E-state index contributed by atoms with van der Waals surface area (Å²) in [5.41, 5.74) is 1.85. The highest BCUT2D eigenvalue weighted by atomic mass is 32.2. The second kappa shape index (κ2) is 11.7. The Morgan fingerprint density at radius 3 is 2.44 bits per heavy atom. The third-order valence-corrected chi connectivity index (χ3v) is 6.47. The number of nitrogens with one attached hydrogen (secondary N) is 2. The average molecular weight is 455 g/mol. The summed E-state index contributed by atoms with van der Waals surface area (Å²) in [5.74, 6) is -0.255. The quantitative estimate of drug-likeness (QED) is 0.266. The SMILES string of the molecule is CCCCOC(=O)c1ccc(NC(=O)C(CC)Sc2cccc(NC(=O)C3CC3)c2)cc1. The normalized spacial score (nSPS) is 13.8. The molecule has 1 aliphatic carbocycles. The van der Waals surface area contributed by atoms with Gasteiger partial charge in [-0.25, -0.2) is 4.79 Å². The molecule has 2 N–H and O–H groups in total. The number of ether oxygens (including phenoxy) is 1. The minimum atomic E-state index is -0.355. The fraction of sp³-hybridized carbons (Fsp3) is 0.400. The van der Waals surface area contributed by atoms with Crippen molar-refractivity contribution in [1.82, 2.24) is 0 Å². The molecule has 1 unspecified atom stereocenters. The van der Waals surface area contributed by atoms with Gasteiger partial charge in [0.2, 0.25) is 11.8 Å². The van der Waals surface area contributed by atoms with E-state index >= 15 is 0 Å². The molecule has 2 aromatic rings. The molecule has 2 aromatic carbocycles. The van der Waals surface area contributed by atoms with E-state index in [1.165, 1.54) is 11.8 Å². The van der Waals surface area contributed by atoms with Crippen molar-refractivity contribution >= 4 is 40.9 Å². The topological polar surface area (TPSA) is 84.5 Å². The molecule has 170 valence electrons. The summed E-state index contributed by atoms with van der Waals surface area (Å²) in [5, 5.41) is 5.58. The van der Waals surface area contributed by atoms with Crippen molar-refractivity contribution in [2.75, 3.05) is 17.2 Å². The lowest BCUT2D eigenvalue weighted by molar-refractivity contribution is -0.117. The Hall–Kier alpha value is -2.80. The molecule has 0 aromatic heterocycles. The molecule has 0 aliphatic heterocycles. The Balaban J connectivity index is 1.55. The molecule has 0 radical (unpaired) electrons. The Morgan fingerprint density at radius 1 is 1.03 bits per heavy atom. The van der Waals surface area contributed by atoms with Crippen molar-refractivity contribution in [3.63, 3.8) is 0 Å². The third kappa shape index (κ3) is 7.12. The van der Waals surface area contributed by atoms with Crippen LogP contribution in [0.5, 0.6) is 0 Å². The first-order valence-electron chi connectivity index (χ1n) is 11.2. The first kappa shape index (κ1) is 23.9. The molecule has 6 nitrogen and oxygen atoms in total. The lowest BCUT2D eigenvalue weighted by Crippen LogP contribution is -2.24. The summed E-state index contributed by atoms with van der Waals surface area (Å²) in [6, 6.07) is 14.3. The molecule has 0 spiro atoms. The second-order valence-electron chi connectivity index (χ2n) is 7.86. The number of amides is 2. The smallest absolute Gasteiger partial charge is 0.338 e. The molecule has 0 heterocycles. The number of carbonyl (C=O) groups is 3. The number of unbranched alkanes of at least 4 members (excludes halogenated alkanes) is 1. The number of esters is 1. The standard InChI is InChI=1S/C25H30N2O4S/c1-3-5-15-31-25(30)18-11-13-19(14-12-18)26-24(29)22(4-2)32-21-8-6-7-20(16-21)27-23(28)17-9-10-17/h6-8,11-14,16-17,22H,3-5,9-10,15H2,1-2H3,(H,26,29)(H,27,28). The van der Waals surface area contributed by atoms with E-state index in [1.807, 2.05) is 38.1 Å². The molecule has 7 heteroatoms. The summed E-state index contributed by atoms with van der Waals surface area (Å²) < 4.78 is 5.21. The summed E-state index contributed by atoms with van der Waals surface area (Å²) in [4.78, 5) is 37.7. The van der Waals surface area contributed by atoms with Crippen molar-refractivity contribution in [2.24, 2.45) is 5.92 Å². The van der Waals surface area contributed by atoms with E-state index in [4.69, 9.17) is 4.74 Å². The van der Waals surface area contributed by atoms with Crippen LogP contribution in [-0.2, 0) is 14.3 Å². The van der Waals surface area contributed by atoms with Crippen LogP contribution in [0.1, 0.15) is 56.3 Å². The van der Waals surface area contributed by atoms with Crippen molar-refractivity contribution < 1.29 is 19.1 Å². The first-order chi connectivity index (χ1) is 15.5. The van der Waals surface area contributed by atoms with Gasteiger partial charge in [0.25, 0.3) is 0 Å². The molecule has 0 bridgehead atoms. The van der Waals surface area contributed by atoms with E-state index in [2.05, 4.69) is 10.6 Å². The molecule has 32 heavy (non-hydrogen) atoms. The summed E-state index contributed by atoms with van der Waals surface area (Å²) in [7, 11) is 0. The van der Waals surface area contributed by atoms with Gasteiger partial charge < -0.3 is 15.4 Å². The number of hydrogen-bond donors (Lipinski definition) is 2. The molecular weight excluding hydrogens is 424 g/mol. The van der Waals surface area contributed by atoms with E-state index in [-0.39, 0.29) is 29.0 Å². The number of anilines is 2. The van der Waals surface area contributed by atoms with E-state index < -0.39 is 0 Å². The maximum Gasteiger partial charge on any atom is 0.338 e. The molecule has 3 rings (SSSR count). The maximum atomic E-state index is 12.8. The number of carbonyl (C=O) groups excluding carboxylic acids is 3. The molecule has 1 fully saturated rings. The highest BCUT2D eigenvalue weighted by Gasteiger charge is 2.29. The maximum absolute atomic E-state index is 12.8. The number of rotatable bonds is 11. The van der Waals surface area contributed by atoms with Crippen LogP contribution in [0.3, 0.4) is 0 Å². The highest BCUT2D eigenvalue weighted by Crippen LogP contribution is 2.32. The predicted octanol–water partition coefficient (Wildman–Crippen LogP) is 5.50. The summed E-state index contributed by atoms with van der Waals surface area (Å²) in [6.45, 7) is 4.41. The van der Waals surface area contributed by atoms with Crippen LogP contribution in [0.2, 0.25) is 0 Å². The molecule has 1 atom stereocenters. The van der Waals surface area contributed by atoms with Gasteiger partial charge in [0.1, 0.15) is 0 Å². The Labute approximate surface area is 193 Å². The van der Waals surface area contributed by atoms with E-state index in [1.54, 1.807) is 24.3 Å². The predicted molar refractivity (Wildman–Crippen MR) is 128 cm³/mol. The number of benzene rings is 2. The second-order valence-corrected chi connectivity index (χ2v) is 9.14. The Bertz CT molecular complexity index is 941. The first-order valence-corrected chi connectivity index (χ1v) is 12.0. The van der Waals surface area contributed by atoms with Crippen molar-refractivity contribution in [1.29, 1.82) is 0 Å². The summed E-state index contributed by atoms with van der Waals surface area (Å²) in [6.07, 6.45) is 4.37. The molecule has 0 saturated heterocycles. The van der Waals surface area contributed by atoms with Gasteiger partial charge in [-0.1, -0.05) is 26.3 Å². The lowest BCUT2D eigenvalue weighted by atomic mass is 10.2. The fourth-order valence-corrected chi connectivity index (χ4v) is 4.04. The fourth-order valence-electron chi connectivity index (χ4n) is 3.03. The monoisotopic (exact) mass is 454 g/mol. The van der Waals surface area contributed by atoms with Crippen LogP contribution in [0.25, 0.3) is 0 Å². The average Bonchev–Trinajstić information content (AvgIpc) is 3.64. The van der Waals surface area contributed by atoms with E-state index in [9.17, 15) is 14.4 Å². The summed E-state index contributed by atoms with van der Waals surface area (Å²) >= 11 is 1.46. The van der Waals surface area contributed by atoms with Crippen LogP contribution < -0.4 is 10.6 Å². The highest BCUT2D eigenvalue weighted by molar-refractivity contribution is 8.00. The van der Waals surface area contributed by atoms with Crippen LogP contribution in [0, 0.1) is 5.92 Å². The van der Waals surface area contributed by atoms with E-state index in [0.29, 0.717) is 24.3 Å². The van der Waals surface area contributed by atoms with Crippen LogP contribution in [-0.4, -0.2) is 29.6 Å². The van der Waals surface area contributed by atoms with Gasteiger partial charge in [0, 0.05) is 22.2 Å². The molecular formula is C25H30N2O4S. The zero-order valence-corrected chi connectivity index (χ0v) is 19.4. The van der Waals surface area contributed by atoms with Crippen molar-refractivity contribution in [2.45, 2.75) is 56.1 Å². The third-order valence-electron chi connectivity index (χ3n) is 5.11.